The number of rotatable bonds is 4. The summed E-state index contributed by atoms with van der Waals surface area (Å²) in [5.74, 6) is -0.148. The third-order valence-electron chi connectivity index (χ3n) is 6.18. The molecule has 7 nitrogen and oxygen atoms in total. The van der Waals surface area contributed by atoms with E-state index in [9.17, 15) is 9.59 Å². The van der Waals surface area contributed by atoms with Crippen molar-refractivity contribution in [1.29, 1.82) is 5.26 Å². The number of urea groups is 1. The van der Waals surface area contributed by atoms with Crippen molar-refractivity contribution in [3.05, 3.63) is 64.7 Å². The predicted octanol–water partition coefficient (Wildman–Crippen LogP) is 3.25. The van der Waals surface area contributed by atoms with Crippen molar-refractivity contribution in [3.63, 3.8) is 0 Å². The van der Waals surface area contributed by atoms with Gasteiger partial charge in [0.05, 0.1) is 33.9 Å². The third kappa shape index (κ3) is 3.67. The van der Waals surface area contributed by atoms with Crippen LogP contribution < -0.4 is 5.32 Å². The highest BCUT2D eigenvalue weighted by Gasteiger charge is 2.52. The van der Waals surface area contributed by atoms with Gasteiger partial charge in [-0.15, -0.1) is 11.3 Å². The first-order valence-electron chi connectivity index (χ1n) is 10.2. The summed E-state index contributed by atoms with van der Waals surface area (Å²) in [7, 11) is 0. The first kappa shape index (κ1) is 19.7. The summed E-state index contributed by atoms with van der Waals surface area (Å²) < 4.78 is 1.18. The van der Waals surface area contributed by atoms with Crippen molar-refractivity contribution in [2.24, 2.45) is 0 Å². The number of aromatic nitrogens is 1. The van der Waals surface area contributed by atoms with Crippen LogP contribution in [-0.2, 0) is 17.9 Å². The van der Waals surface area contributed by atoms with Crippen molar-refractivity contribution in [1.82, 2.24) is 20.1 Å². The number of hydrogen-bond donors (Lipinski definition) is 1. The maximum atomic E-state index is 13.2. The Hall–Kier alpha value is -3.28. The molecule has 2 aliphatic rings. The number of imide groups is 1. The smallest absolute Gasteiger partial charge is 0.323 e. The van der Waals surface area contributed by atoms with Crippen LogP contribution in [0, 0.1) is 11.3 Å². The number of hydrogen-bond acceptors (Lipinski definition) is 6. The minimum absolute atomic E-state index is 0.148. The Balaban J connectivity index is 1.23. The number of nitrogens with zero attached hydrogens (tertiary/aromatic N) is 4. The van der Waals surface area contributed by atoms with Crippen LogP contribution in [0.15, 0.2) is 48.0 Å². The second-order valence-corrected chi connectivity index (χ2v) is 9.03. The molecule has 2 aliphatic heterocycles. The molecule has 2 saturated heterocycles. The minimum Gasteiger partial charge on any atom is -0.323 e. The van der Waals surface area contributed by atoms with Crippen molar-refractivity contribution in [3.8, 4) is 6.07 Å². The Labute approximate surface area is 183 Å². The first-order chi connectivity index (χ1) is 15.1. The van der Waals surface area contributed by atoms with Crippen LogP contribution in [0.4, 0.5) is 4.79 Å². The molecule has 31 heavy (non-hydrogen) atoms. The van der Waals surface area contributed by atoms with E-state index in [0.29, 0.717) is 18.4 Å². The van der Waals surface area contributed by atoms with Crippen molar-refractivity contribution < 1.29 is 9.59 Å². The molecule has 8 heteroatoms. The van der Waals surface area contributed by atoms with Gasteiger partial charge in [-0.2, -0.15) is 5.26 Å². The number of benzene rings is 2. The highest BCUT2D eigenvalue weighted by molar-refractivity contribution is 7.16. The average Bonchev–Trinajstić information content (AvgIpc) is 3.34. The van der Waals surface area contributed by atoms with Gasteiger partial charge in [0.15, 0.2) is 0 Å². The molecule has 2 fully saturated rings. The van der Waals surface area contributed by atoms with Gasteiger partial charge in [-0.05, 0) is 48.2 Å². The largest absolute Gasteiger partial charge is 0.325 e. The molecule has 0 bridgehead atoms. The molecule has 0 aliphatic carbocycles. The lowest BCUT2D eigenvalue weighted by Crippen LogP contribution is -2.54. The van der Waals surface area contributed by atoms with E-state index in [4.69, 9.17) is 5.26 Å². The zero-order valence-electron chi connectivity index (χ0n) is 16.9. The molecule has 1 spiro atoms. The Morgan fingerprint density at radius 3 is 2.55 bits per heavy atom. The van der Waals surface area contributed by atoms with Crippen LogP contribution in [0.5, 0.6) is 0 Å². The molecule has 0 unspecified atom stereocenters. The Morgan fingerprint density at radius 1 is 1.06 bits per heavy atom. The molecular weight excluding hydrogens is 410 g/mol. The number of likely N-dealkylation sites (tertiary alicyclic amines) is 1. The van der Waals surface area contributed by atoms with Gasteiger partial charge in [0.2, 0.25) is 0 Å². The number of thiazole rings is 1. The summed E-state index contributed by atoms with van der Waals surface area (Å²) in [6.07, 6.45) is 1.20. The van der Waals surface area contributed by atoms with E-state index in [0.717, 1.165) is 30.7 Å². The minimum atomic E-state index is -0.807. The molecular formula is C23H21N5O2S. The second-order valence-electron chi connectivity index (χ2n) is 8.14. The van der Waals surface area contributed by atoms with E-state index in [2.05, 4.69) is 39.5 Å². The summed E-state index contributed by atoms with van der Waals surface area (Å²) in [5, 5.41) is 11.9. The lowest BCUT2D eigenvalue weighted by Gasteiger charge is -2.37. The quantitative estimate of drug-likeness (QED) is 0.641. The zero-order chi connectivity index (χ0) is 21.4. The predicted molar refractivity (Wildman–Crippen MR) is 117 cm³/mol. The summed E-state index contributed by atoms with van der Waals surface area (Å²) in [4.78, 5) is 33.8. The normalized spacial score (nSPS) is 18.5. The molecule has 5 rings (SSSR count). The van der Waals surface area contributed by atoms with Crippen LogP contribution in [-0.4, -0.2) is 45.4 Å². The number of carbonyl (C=O) groups is 2. The average molecular weight is 432 g/mol. The lowest BCUT2D eigenvalue weighted by molar-refractivity contribution is -0.133. The van der Waals surface area contributed by atoms with E-state index in [1.165, 1.54) is 15.2 Å². The fraction of sp³-hybridized carbons (Fsp3) is 0.304. The molecule has 1 aromatic heterocycles. The molecule has 2 aromatic carbocycles. The van der Waals surface area contributed by atoms with Crippen LogP contribution in [0.3, 0.4) is 0 Å². The monoisotopic (exact) mass is 431 g/mol. The number of piperidine rings is 1. The van der Waals surface area contributed by atoms with Gasteiger partial charge in [0, 0.05) is 19.6 Å². The van der Waals surface area contributed by atoms with Crippen LogP contribution in [0.25, 0.3) is 10.2 Å². The van der Waals surface area contributed by atoms with Gasteiger partial charge >= 0.3 is 6.03 Å². The second kappa shape index (κ2) is 7.76. The number of fused-ring (bicyclic) bond motifs is 1. The van der Waals surface area contributed by atoms with Gasteiger partial charge in [-0.25, -0.2) is 9.78 Å². The summed E-state index contributed by atoms with van der Waals surface area (Å²) >= 11 is 1.64. The lowest BCUT2D eigenvalue weighted by atomic mass is 9.87. The fourth-order valence-corrected chi connectivity index (χ4v) is 5.04. The molecule has 1 N–H and O–H groups in total. The standard InChI is InChI=1S/C23H21N5O2S/c24-12-16-1-3-17(4-2-16)14-28-21(29)23(26-22(28)30)7-9-27(10-8-23)13-18-5-6-20-19(11-18)25-15-31-20/h1-6,11,15H,7-10,13-14H2,(H,26,30). The van der Waals surface area contributed by atoms with Gasteiger partial charge in [-0.3, -0.25) is 14.6 Å². The molecule has 3 aromatic rings. The van der Waals surface area contributed by atoms with E-state index >= 15 is 0 Å². The van der Waals surface area contributed by atoms with Crippen LogP contribution >= 0.6 is 11.3 Å². The third-order valence-corrected chi connectivity index (χ3v) is 6.99. The van der Waals surface area contributed by atoms with Crippen LogP contribution in [0.2, 0.25) is 0 Å². The highest BCUT2D eigenvalue weighted by Crippen LogP contribution is 2.31. The van der Waals surface area contributed by atoms with Crippen LogP contribution in [0.1, 0.15) is 29.5 Å². The number of nitriles is 1. The van der Waals surface area contributed by atoms with Gasteiger partial charge < -0.3 is 5.32 Å². The summed E-state index contributed by atoms with van der Waals surface area (Å²) in [5.41, 5.74) is 4.66. The summed E-state index contributed by atoms with van der Waals surface area (Å²) in [6, 6.07) is 15.1. The topological polar surface area (TPSA) is 89.3 Å². The zero-order valence-corrected chi connectivity index (χ0v) is 17.7. The van der Waals surface area contributed by atoms with E-state index in [1.54, 1.807) is 35.6 Å². The Kier molecular flexibility index (Phi) is 4.93. The Bertz CT molecular complexity index is 1190. The molecule has 0 atom stereocenters. The molecule has 0 radical (unpaired) electrons. The molecule has 0 saturated carbocycles. The van der Waals surface area contributed by atoms with Crippen molar-refractivity contribution in [2.45, 2.75) is 31.5 Å². The van der Waals surface area contributed by atoms with E-state index in [1.807, 2.05) is 5.51 Å². The number of amides is 3. The fourth-order valence-electron chi connectivity index (χ4n) is 4.38. The number of carbonyl (C=O) groups excluding carboxylic acids is 2. The van der Waals surface area contributed by atoms with Gasteiger partial charge in [-0.1, -0.05) is 18.2 Å². The number of nitrogens with one attached hydrogen (secondary N) is 1. The molecule has 3 amide bonds. The van der Waals surface area contributed by atoms with Crippen molar-refractivity contribution >= 4 is 33.5 Å². The highest BCUT2D eigenvalue weighted by atomic mass is 32.1. The van der Waals surface area contributed by atoms with Crippen molar-refractivity contribution in [2.75, 3.05) is 13.1 Å². The first-order valence-corrected chi connectivity index (χ1v) is 11.1. The van der Waals surface area contributed by atoms with E-state index < -0.39 is 5.54 Å². The maximum Gasteiger partial charge on any atom is 0.325 e. The van der Waals surface area contributed by atoms with E-state index in [-0.39, 0.29) is 18.5 Å². The summed E-state index contributed by atoms with van der Waals surface area (Å²) in [6.45, 7) is 2.51. The Morgan fingerprint density at radius 2 is 1.81 bits per heavy atom. The molecule has 156 valence electrons. The van der Waals surface area contributed by atoms with Gasteiger partial charge in [0.1, 0.15) is 5.54 Å². The maximum absolute atomic E-state index is 13.2. The SMILES string of the molecule is N#Cc1ccc(CN2C(=O)NC3(CCN(Cc4ccc5scnc5c4)CC3)C2=O)cc1. The molecule has 3 heterocycles. The van der Waals surface area contributed by atoms with Gasteiger partial charge in [0.25, 0.3) is 5.91 Å².